The van der Waals surface area contributed by atoms with E-state index in [-0.39, 0.29) is 6.61 Å². The minimum absolute atomic E-state index is 0.367. The number of carboxylic acids is 1. The minimum Gasteiger partial charge on any atom is -0.489 e. The zero-order valence-electron chi connectivity index (χ0n) is 14.0. The van der Waals surface area contributed by atoms with E-state index in [0.717, 1.165) is 17.1 Å². The number of hydrogen-bond donors (Lipinski definition) is 1. The van der Waals surface area contributed by atoms with Gasteiger partial charge in [-0.2, -0.15) is 0 Å². The minimum atomic E-state index is -1.01. The first-order valence-electron chi connectivity index (χ1n) is 8.08. The van der Waals surface area contributed by atoms with Crippen LogP contribution in [0.25, 0.3) is 0 Å². The molecule has 26 heavy (non-hydrogen) atoms. The number of carboxylic acid groups (broad SMARTS) is 1. The summed E-state index contributed by atoms with van der Waals surface area (Å²) >= 11 is 0. The van der Waals surface area contributed by atoms with E-state index in [2.05, 4.69) is 0 Å². The van der Waals surface area contributed by atoms with E-state index in [1.54, 1.807) is 24.3 Å². The molecule has 0 aliphatic carbocycles. The van der Waals surface area contributed by atoms with Crippen LogP contribution >= 0.6 is 0 Å². The van der Waals surface area contributed by atoms with Gasteiger partial charge < -0.3 is 19.3 Å². The van der Waals surface area contributed by atoms with Crippen LogP contribution in [0.2, 0.25) is 0 Å². The molecule has 0 aromatic heterocycles. The van der Waals surface area contributed by atoms with E-state index in [4.69, 9.17) is 19.3 Å². The summed E-state index contributed by atoms with van der Waals surface area (Å²) in [5.41, 5.74) is 0.977. The third-order valence-electron chi connectivity index (χ3n) is 3.47. The summed E-state index contributed by atoms with van der Waals surface area (Å²) in [6, 6.07) is 24.1. The maximum atomic E-state index is 10.5. The lowest BCUT2D eigenvalue weighted by Gasteiger charge is -2.10. The lowest BCUT2D eigenvalue weighted by molar-refractivity contribution is -0.139. The summed E-state index contributed by atoms with van der Waals surface area (Å²) in [6.07, 6.45) is 0. The van der Waals surface area contributed by atoms with Crippen molar-refractivity contribution in [1.82, 2.24) is 0 Å². The number of carbonyl (C=O) groups is 1. The molecule has 3 aromatic rings. The molecule has 0 aliphatic heterocycles. The van der Waals surface area contributed by atoms with E-state index < -0.39 is 5.97 Å². The van der Waals surface area contributed by atoms with Crippen LogP contribution < -0.4 is 14.2 Å². The fourth-order valence-corrected chi connectivity index (χ4v) is 2.27. The van der Waals surface area contributed by atoms with Crippen molar-refractivity contribution in [2.45, 2.75) is 6.61 Å². The van der Waals surface area contributed by atoms with Crippen molar-refractivity contribution in [2.75, 3.05) is 6.61 Å². The first-order chi connectivity index (χ1) is 12.7. The van der Waals surface area contributed by atoms with Crippen LogP contribution in [0.15, 0.2) is 78.9 Å². The second-order valence-corrected chi connectivity index (χ2v) is 5.51. The van der Waals surface area contributed by atoms with Crippen molar-refractivity contribution in [2.24, 2.45) is 0 Å². The second-order valence-electron chi connectivity index (χ2n) is 5.51. The van der Waals surface area contributed by atoms with Crippen molar-refractivity contribution in [1.29, 1.82) is 0 Å². The zero-order valence-corrected chi connectivity index (χ0v) is 14.0. The molecule has 132 valence electrons. The maximum absolute atomic E-state index is 10.5. The Hall–Kier alpha value is -3.47. The highest BCUT2D eigenvalue weighted by atomic mass is 16.5. The van der Waals surface area contributed by atoms with Gasteiger partial charge in [0, 0.05) is 0 Å². The SMILES string of the molecule is O=C(O)COc1ccc(OCc2cccc(Oc3ccccc3)c2)cc1. The summed E-state index contributed by atoms with van der Waals surface area (Å²) < 4.78 is 16.6. The monoisotopic (exact) mass is 350 g/mol. The fourth-order valence-electron chi connectivity index (χ4n) is 2.27. The lowest BCUT2D eigenvalue weighted by atomic mass is 10.2. The van der Waals surface area contributed by atoms with Gasteiger partial charge in [0.1, 0.15) is 29.6 Å². The molecule has 0 spiro atoms. The average Bonchev–Trinajstić information content (AvgIpc) is 2.67. The van der Waals surface area contributed by atoms with E-state index in [0.29, 0.717) is 18.1 Å². The van der Waals surface area contributed by atoms with E-state index in [9.17, 15) is 4.79 Å². The van der Waals surface area contributed by atoms with Crippen LogP contribution in [0.5, 0.6) is 23.0 Å². The topological polar surface area (TPSA) is 65.0 Å². The smallest absolute Gasteiger partial charge is 0.341 e. The zero-order chi connectivity index (χ0) is 18.2. The maximum Gasteiger partial charge on any atom is 0.341 e. The Labute approximate surface area is 151 Å². The molecule has 0 atom stereocenters. The number of para-hydroxylation sites is 1. The Balaban J connectivity index is 1.56. The van der Waals surface area contributed by atoms with Gasteiger partial charge in [-0.15, -0.1) is 0 Å². The molecule has 3 rings (SSSR count). The van der Waals surface area contributed by atoms with Gasteiger partial charge in [-0.3, -0.25) is 0 Å². The molecule has 3 aromatic carbocycles. The quantitative estimate of drug-likeness (QED) is 0.647. The number of aliphatic carboxylic acids is 1. The number of hydrogen-bond acceptors (Lipinski definition) is 4. The van der Waals surface area contributed by atoms with Gasteiger partial charge in [-0.05, 0) is 54.1 Å². The van der Waals surface area contributed by atoms with Crippen molar-refractivity contribution >= 4 is 5.97 Å². The third-order valence-corrected chi connectivity index (χ3v) is 3.47. The number of benzene rings is 3. The molecule has 5 nitrogen and oxygen atoms in total. The van der Waals surface area contributed by atoms with Crippen LogP contribution in [-0.4, -0.2) is 17.7 Å². The normalized spacial score (nSPS) is 10.2. The predicted molar refractivity (Wildman–Crippen MR) is 96.9 cm³/mol. The van der Waals surface area contributed by atoms with Gasteiger partial charge in [0.25, 0.3) is 0 Å². The fraction of sp³-hybridized carbons (Fsp3) is 0.0952. The Morgan fingerprint density at radius 2 is 1.38 bits per heavy atom. The largest absolute Gasteiger partial charge is 0.489 e. The van der Waals surface area contributed by atoms with Crippen LogP contribution in [0.1, 0.15) is 5.56 Å². The number of rotatable bonds is 8. The molecule has 0 aliphatic rings. The molecule has 1 N–H and O–H groups in total. The van der Waals surface area contributed by atoms with E-state index >= 15 is 0 Å². The van der Waals surface area contributed by atoms with Gasteiger partial charge in [0.05, 0.1) is 0 Å². The summed E-state index contributed by atoms with van der Waals surface area (Å²) in [6.45, 7) is 0.0235. The van der Waals surface area contributed by atoms with Gasteiger partial charge >= 0.3 is 5.97 Å². The van der Waals surface area contributed by atoms with Crippen LogP contribution in [-0.2, 0) is 11.4 Å². The predicted octanol–water partition coefficient (Wildman–Crippen LogP) is 4.52. The third kappa shape index (κ3) is 5.27. The van der Waals surface area contributed by atoms with Gasteiger partial charge in [-0.25, -0.2) is 4.79 Å². The van der Waals surface area contributed by atoms with Gasteiger partial charge in [0.2, 0.25) is 0 Å². The molecule has 0 unspecified atom stereocenters. The first kappa shape index (κ1) is 17.4. The molecule has 0 saturated heterocycles. The van der Waals surface area contributed by atoms with Crippen molar-refractivity contribution in [3.8, 4) is 23.0 Å². The summed E-state index contributed by atoms with van der Waals surface area (Å²) in [5, 5.41) is 8.60. The Morgan fingerprint density at radius 1 is 0.731 bits per heavy atom. The Bertz CT molecular complexity index is 844. The molecule has 0 amide bonds. The van der Waals surface area contributed by atoms with Gasteiger partial charge in [0.15, 0.2) is 6.61 Å². The van der Waals surface area contributed by atoms with Crippen molar-refractivity contribution in [3.63, 3.8) is 0 Å². The highest BCUT2D eigenvalue weighted by Gasteiger charge is 2.02. The summed E-state index contributed by atoms with van der Waals surface area (Å²) in [7, 11) is 0. The highest BCUT2D eigenvalue weighted by molar-refractivity contribution is 5.68. The highest BCUT2D eigenvalue weighted by Crippen LogP contribution is 2.23. The first-order valence-corrected chi connectivity index (χ1v) is 8.08. The second kappa shape index (κ2) is 8.58. The van der Waals surface area contributed by atoms with Crippen LogP contribution in [0, 0.1) is 0 Å². The molecule has 0 saturated carbocycles. The molecular formula is C21H18O5. The lowest BCUT2D eigenvalue weighted by Crippen LogP contribution is -2.09. The van der Waals surface area contributed by atoms with Crippen LogP contribution in [0.4, 0.5) is 0 Å². The van der Waals surface area contributed by atoms with Crippen LogP contribution in [0.3, 0.4) is 0 Å². The summed E-state index contributed by atoms with van der Waals surface area (Å²) in [5.74, 6) is 1.67. The van der Waals surface area contributed by atoms with Gasteiger partial charge in [-0.1, -0.05) is 30.3 Å². The Kier molecular flexibility index (Phi) is 5.72. The number of ether oxygens (including phenoxy) is 3. The summed E-state index contributed by atoms with van der Waals surface area (Å²) in [4.78, 5) is 10.5. The average molecular weight is 350 g/mol. The molecule has 0 bridgehead atoms. The van der Waals surface area contributed by atoms with E-state index in [1.165, 1.54) is 0 Å². The standard InChI is InChI=1S/C21H18O5/c22-21(23)15-25-18-11-9-17(10-12-18)24-14-16-5-4-8-20(13-16)26-19-6-2-1-3-7-19/h1-13H,14-15H2,(H,22,23). The van der Waals surface area contributed by atoms with Crippen molar-refractivity contribution in [3.05, 3.63) is 84.4 Å². The molecule has 0 heterocycles. The Morgan fingerprint density at radius 3 is 2.08 bits per heavy atom. The molecule has 0 radical (unpaired) electrons. The molecule has 0 fully saturated rings. The molecular weight excluding hydrogens is 332 g/mol. The molecule has 5 heteroatoms. The van der Waals surface area contributed by atoms with Crippen molar-refractivity contribution < 1.29 is 24.1 Å². The van der Waals surface area contributed by atoms with E-state index in [1.807, 2.05) is 54.6 Å².